The average Bonchev–Trinajstić information content (AvgIpc) is 3.01. The van der Waals surface area contributed by atoms with Gasteiger partial charge in [-0.15, -0.1) is 5.10 Å². The number of hydrogen-bond acceptors (Lipinski definition) is 4. The van der Waals surface area contributed by atoms with Crippen LogP contribution in [0.15, 0.2) is 30.3 Å². The van der Waals surface area contributed by atoms with E-state index in [1.54, 1.807) is 6.92 Å². The predicted octanol–water partition coefficient (Wildman–Crippen LogP) is 2.46. The lowest BCUT2D eigenvalue weighted by atomic mass is 10.0. The van der Waals surface area contributed by atoms with Crippen molar-refractivity contribution < 1.29 is 13.9 Å². The minimum atomic E-state index is -1.21. The van der Waals surface area contributed by atoms with E-state index < -0.39 is 12.1 Å². The molecule has 104 valence electrons. The molecule has 1 aliphatic rings. The van der Waals surface area contributed by atoms with Crippen molar-refractivity contribution in [3.63, 3.8) is 0 Å². The molecule has 3 rings (SSSR count). The van der Waals surface area contributed by atoms with Crippen molar-refractivity contribution in [3.05, 3.63) is 47.5 Å². The van der Waals surface area contributed by atoms with Gasteiger partial charge >= 0.3 is 5.97 Å². The highest BCUT2D eigenvalue weighted by Gasteiger charge is 2.36. The maximum absolute atomic E-state index is 14.0. The van der Waals surface area contributed by atoms with Crippen LogP contribution in [-0.4, -0.2) is 27.3 Å². The summed E-state index contributed by atoms with van der Waals surface area (Å²) < 4.78 is 20.4. The number of benzene rings is 1. The van der Waals surface area contributed by atoms with E-state index in [4.69, 9.17) is 4.74 Å². The third-order valence-electron chi connectivity index (χ3n) is 3.31. The van der Waals surface area contributed by atoms with E-state index >= 15 is 0 Å². The molecule has 0 spiro atoms. The lowest BCUT2D eigenvalue weighted by molar-refractivity contribution is 0.0511. The summed E-state index contributed by atoms with van der Waals surface area (Å²) in [7, 11) is 0. The SMILES string of the molecule is CCOC(=O)c1nc2n(n1)[C@H](c1ccccc1)CC2F. The molecule has 0 aliphatic carbocycles. The van der Waals surface area contributed by atoms with E-state index in [1.165, 1.54) is 4.68 Å². The maximum atomic E-state index is 14.0. The van der Waals surface area contributed by atoms with Crippen molar-refractivity contribution in [3.8, 4) is 0 Å². The van der Waals surface area contributed by atoms with Crippen molar-refractivity contribution in [2.75, 3.05) is 6.61 Å². The number of alkyl halides is 1. The molecule has 6 heteroatoms. The monoisotopic (exact) mass is 275 g/mol. The summed E-state index contributed by atoms with van der Waals surface area (Å²) in [4.78, 5) is 15.6. The molecule has 0 saturated carbocycles. The fourth-order valence-corrected chi connectivity index (χ4v) is 2.41. The Morgan fingerprint density at radius 3 is 2.90 bits per heavy atom. The predicted molar refractivity (Wildman–Crippen MR) is 69.0 cm³/mol. The third kappa shape index (κ3) is 2.07. The number of halogens is 1. The van der Waals surface area contributed by atoms with Crippen LogP contribution in [0.5, 0.6) is 0 Å². The third-order valence-corrected chi connectivity index (χ3v) is 3.31. The molecular weight excluding hydrogens is 261 g/mol. The molecule has 0 N–H and O–H groups in total. The molecule has 2 heterocycles. The van der Waals surface area contributed by atoms with Gasteiger partial charge in [-0.05, 0) is 12.5 Å². The Morgan fingerprint density at radius 2 is 2.20 bits per heavy atom. The van der Waals surface area contributed by atoms with Gasteiger partial charge in [-0.25, -0.2) is 18.9 Å². The highest BCUT2D eigenvalue weighted by atomic mass is 19.1. The lowest BCUT2D eigenvalue weighted by Gasteiger charge is -2.11. The molecular formula is C14H14FN3O2. The Morgan fingerprint density at radius 1 is 1.45 bits per heavy atom. The number of ether oxygens (including phenoxy) is 1. The molecule has 5 nitrogen and oxygen atoms in total. The van der Waals surface area contributed by atoms with Crippen LogP contribution in [0.25, 0.3) is 0 Å². The number of hydrogen-bond donors (Lipinski definition) is 0. The molecule has 0 amide bonds. The van der Waals surface area contributed by atoms with Crippen LogP contribution < -0.4 is 0 Å². The zero-order valence-electron chi connectivity index (χ0n) is 11.0. The highest BCUT2D eigenvalue weighted by molar-refractivity contribution is 5.85. The second kappa shape index (κ2) is 5.03. The van der Waals surface area contributed by atoms with E-state index in [0.29, 0.717) is 6.42 Å². The number of carbonyl (C=O) groups excluding carboxylic acids is 1. The van der Waals surface area contributed by atoms with Gasteiger partial charge in [0.2, 0.25) is 0 Å². The number of esters is 1. The molecule has 1 aromatic heterocycles. The Hall–Kier alpha value is -2.24. The van der Waals surface area contributed by atoms with Crippen LogP contribution in [-0.2, 0) is 4.74 Å². The molecule has 1 aromatic carbocycles. The summed E-state index contributed by atoms with van der Waals surface area (Å²) in [5, 5.41) is 4.11. The van der Waals surface area contributed by atoms with E-state index in [-0.39, 0.29) is 24.3 Å². The summed E-state index contributed by atoms with van der Waals surface area (Å²) >= 11 is 0. The standard InChI is InChI=1S/C14H14FN3O2/c1-2-20-14(19)12-16-13-10(15)8-11(18(13)17-12)9-6-4-3-5-7-9/h3-7,10-11H,2,8H2,1H3/t10?,11-/m0/s1. The quantitative estimate of drug-likeness (QED) is 0.807. The van der Waals surface area contributed by atoms with Crippen LogP contribution in [0.1, 0.15) is 47.6 Å². The number of carbonyl (C=O) groups is 1. The first-order valence-electron chi connectivity index (χ1n) is 6.53. The number of aromatic nitrogens is 3. The van der Waals surface area contributed by atoms with E-state index in [9.17, 15) is 9.18 Å². The second-order valence-corrected chi connectivity index (χ2v) is 4.59. The van der Waals surface area contributed by atoms with Crippen molar-refractivity contribution >= 4 is 5.97 Å². The van der Waals surface area contributed by atoms with E-state index in [2.05, 4.69) is 10.1 Å². The topological polar surface area (TPSA) is 57.0 Å². The van der Waals surface area contributed by atoms with Gasteiger partial charge in [-0.3, -0.25) is 0 Å². The average molecular weight is 275 g/mol. The summed E-state index contributed by atoms with van der Waals surface area (Å²) in [6.45, 7) is 1.94. The molecule has 1 aliphatic heterocycles. The summed E-state index contributed by atoms with van der Waals surface area (Å²) in [6, 6.07) is 9.29. The number of rotatable bonds is 3. The molecule has 0 radical (unpaired) electrons. The van der Waals surface area contributed by atoms with Crippen molar-refractivity contribution in [1.82, 2.24) is 14.8 Å². The smallest absolute Gasteiger partial charge is 0.378 e. The Balaban J connectivity index is 1.96. The fourth-order valence-electron chi connectivity index (χ4n) is 2.41. The number of fused-ring (bicyclic) bond motifs is 1. The zero-order valence-corrected chi connectivity index (χ0v) is 11.0. The Labute approximate surface area is 115 Å². The largest absolute Gasteiger partial charge is 0.460 e. The van der Waals surface area contributed by atoms with Crippen LogP contribution in [0, 0.1) is 0 Å². The maximum Gasteiger partial charge on any atom is 0.378 e. The zero-order chi connectivity index (χ0) is 14.1. The molecule has 2 atom stereocenters. The van der Waals surface area contributed by atoms with Crippen molar-refractivity contribution in [2.24, 2.45) is 0 Å². The molecule has 20 heavy (non-hydrogen) atoms. The first-order chi connectivity index (χ1) is 9.70. The van der Waals surface area contributed by atoms with Gasteiger partial charge < -0.3 is 4.74 Å². The molecule has 0 bridgehead atoms. The van der Waals surface area contributed by atoms with E-state index in [1.807, 2.05) is 30.3 Å². The van der Waals surface area contributed by atoms with Gasteiger partial charge in [0.05, 0.1) is 12.6 Å². The van der Waals surface area contributed by atoms with Crippen LogP contribution in [0.2, 0.25) is 0 Å². The van der Waals surface area contributed by atoms with Gasteiger partial charge in [0.1, 0.15) is 0 Å². The summed E-state index contributed by atoms with van der Waals surface area (Å²) in [6.07, 6.45) is -0.918. The molecule has 2 aromatic rings. The van der Waals surface area contributed by atoms with Gasteiger partial charge in [-0.1, -0.05) is 30.3 Å². The first kappa shape index (κ1) is 12.8. The van der Waals surface area contributed by atoms with Crippen molar-refractivity contribution in [2.45, 2.75) is 25.6 Å². The first-order valence-corrected chi connectivity index (χ1v) is 6.53. The van der Waals surface area contributed by atoms with Crippen LogP contribution >= 0.6 is 0 Å². The minimum absolute atomic E-state index is 0.0786. The van der Waals surface area contributed by atoms with E-state index in [0.717, 1.165) is 5.56 Å². The molecule has 0 fully saturated rings. The van der Waals surface area contributed by atoms with Crippen LogP contribution in [0.3, 0.4) is 0 Å². The van der Waals surface area contributed by atoms with Gasteiger partial charge in [-0.2, -0.15) is 0 Å². The highest BCUT2D eigenvalue weighted by Crippen LogP contribution is 2.39. The second-order valence-electron chi connectivity index (χ2n) is 4.59. The number of nitrogens with zero attached hydrogens (tertiary/aromatic N) is 3. The van der Waals surface area contributed by atoms with Crippen molar-refractivity contribution in [1.29, 1.82) is 0 Å². The lowest BCUT2D eigenvalue weighted by Crippen LogP contribution is -2.11. The van der Waals surface area contributed by atoms with Gasteiger partial charge in [0.25, 0.3) is 5.82 Å². The molecule has 0 saturated heterocycles. The van der Waals surface area contributed by atoms with Gasteiger partial charge in [0, 0.05) is 6.42 Å². The van der Waals surface area contributed by atoms with Gasteiger partial charge in [0.15, 0.2) is 12.0 Å². The van der Waals surface area contributed by atoms with Crippen LogP contribution in [0.4, 0.5) is 4.39 Å². The summed E-state index contributed by atoms with van der Waals surface area (Å²) in [5.41, 5.74) is 0.953. The molecule has 1 unspecified atom stereocenters. The summed E-state index contributed by atoms with van der Waals surface area (Å²) in [5.74, 6) is -0.500. The normalized spacial score (nSPS) is 20.7. The Bertz CT molecular complexity index is 627. The minimum Gasteiger partial charge on any atom is -0.460 e. The fraction of sp³-hybridized carbons (Fsp3) is 0.357. The Kier molecular flexibility index (Phi) is 3.22.